The quantitative estimate of drug-likeness (QED) is 0.774. The number of aromatic amines is 1. The summed E-state index contributed by atoms with van der Waals surface area (Å²) in [5.41, 5.74) is 8.02. The summed E-state index contributed by atoms with van der Waals surface area (Å²) in [5.74, 6) is 0.480. The van der Waals surface area contributed by atoms with Crippen LogP contribution in [0.5, 0.6) is 0 Å². The highest BCUT2D eigenvalue weighted by Crippen LogP contribution is 2.28. The highest BCUT2D eigenvalue weighted by atomic mass is 16.1. The molecule has 0 aliphatic rings. The second-order valence-corrected chi connectivity index (χ2v) is 5.60. The molecule has 106 valence electrons. The summed E-state index contributed by atoms with van der Waals surface area (Å²) in [6.07, 6.45) is 6.73. The average Bonchev–Trinajstić information content (AvgIpc) is 2.28. The molecule has 1 rings (SSSR count). The zero-order valence-corrected chi connectivity index (χ0v) is 12.5. The molecule has 3 N–H and O–H groups in total. The first-order valence-electron chi connectivity index (χ1n) is 7.08. The lowest BCUT2D eigenvalue weighted by Gasteiger charge is -2.29. The molecule has 0 radical (unpaired) electrons. The van der Waals surface area contributed by atoms with E-state index in [1.165, 1.54) is 0 Å². The first-order chi connectivity index (χ1) is 8.92. The molecule has 0 fully saturated rings. The second-order valence-electron chi connectivity index (χ2n) is 5.60. The lowest BCUT2D eigenvalue weighted by atomic mass is 9.83. The van der Waals surface area contributed by atoms with Gasteiger partial charge in [-0.2, -0.15) is 0 Å². The SMILES string of the molecule is C/C=C/[C@](N)(CCC)c1ccc(=O)[nH]c1CC(C)C. The number of hydrogen-bond donors (Lipinski definition) is 2. The minimum Gasteiger partial charge on any atom is -0.326 e. The summed E-state index contributed by atoms with van der Waals surface area (Å²) in [6, 6.07) is 3.45. The molecule has 0 aliphatic carbocycles. The van der Waals surface area contributed by atoms with E-state index in [1.807, 2.05) is 25.1 Å². The van der Waals surface area contributed by atoms with Gasteiger partial charge in [-0.05, 0) is 37.3 Å². The number of hydrogen-bond acceptors (Lipinski definition) is 2. The van der Waals surface area contributed by atoms with Crippen LogP contribution in [0, 0.1) is 5.92 Å². The molecule has 3 heteroatoms. The van der Waals surface area contributed by atoms with Crippen LogP contribution in [-0.2, 0) is 12.0 Å². The second kappa shape index (κ2) is 6.71. The van der Waals surface area contributed by atoms with Gasteiger partial charge in [0.15, 0.2) is 0 Å². The van der Waals surface area contributed by atoms with Crippen molar-refractivity contribution in [3.8, 4) is 0 Å². The van der Waals surface area contributed by atoms with Crippen molar-refractivity contribution >= 4 is 0 Å². The Morgan fingerprint density at radius 1 is 1.42 bits per heavy atom. The summed E-state index contributed by atoms with van der Waals surface area (Å²) in [7, 11) is 0. The van der Waals surface area contributed by atoms with Crippen molar-refractivity contribution in [2.24, 2.45) is 11.7 Å². The van der Waals surface area contributed by atoms with Crippen molar-refractivity contribution in [2.75, 3.05) is 0 Å². The molecular formula is C16H26N2O. The first-order valence-corrected chi connectivity index (χ1v) is 7.08. The van der Waals surface area contributed by atoms with Crippen molar-refractivity contribution in [2.45, 2.75) is 52.5 Å². The van der Waals surface area contributed by atoms with E-state index in [1.54, 1.807) is 6.07 Å². The molecule has 0 unspecified atom stereocenters. The number of aromatic nitrogens is 1. The Kier molecular flexibility index (Phi) is 5.55. The molecule has 0 saturated heterocycles. The van der Waals surface area contributed by atoms with Crippen LogP contribution >= 0.6 is 0 Å². The van der Waals surface area contributed by atoms with Gasteiger partial charge in [-0.25, -0.2) is 0 Å². The topological polar surface area (TPSA) is 58.9 Å². The van der Waals surface area contributed by atoms with Crippen LogP contribution in [0.4, 0.5) is 0 Å². The molecule has 0 amide bonds. The molecule has 19 heavy (non-hydrogen) atoms. The van der Waals surface area contributed by atoms with E-state index >= 15 is 0 Å². The molecule has 3 nitrogen and oxygen atoms in total. The Morgan fingerprint density at radius 3 is 2.63 bits per heavy atom. The van der Waals surface area contributed by atoms with Gasteiger partial charge in [-0.3, -0.25) is 4.79 Å². The van der Waals surface area contributed by atoms with Crippen LogP contribution in [0.3, 0.4) is 0 Å². The summed E-state index contributed by atoms with van der Waals surface area (Å²) in [6.45, 7) is 8.38. The van der Waals surface area contributed by atoms with E-state index in [4.69, 9.17) is 5.73 Å². The lowest BCUT2D eigenvalue weighted by Crippen LogP contribution is -2.36. The van der Waals surface area contributed by atoms with Gasteiger partial charge in [0.25, 0.3) is 0 Å². The van der Waals surface area contributed by atoms with Crippen molar-refractivity contribution in [3.05, 3.63) is 45.9 Å². The van der Waals surface area contributed by atoms with Gasteiger partial charge in [0.1, 0.15) is 0 Å². The van der Waals surface area contributed by atoms with E-state index in [0.717, 1.165) is 30.5 Å². The summed E-state index contributed by atoms with van der Waals surface area (Å²) >= 11 is 0. The molecule has 0 aromatic carbocycles. The highest BCUT2D eigenvalue weighted by Gasteiger charge is 2.26. The predicted octanol–water partition coefficient (Wildman–Crippen LogP) is 3.10. The number of pyridine rings is 1. The number of allylic oxidation sites excluding steroid dienone is 1. The molecule has 0 spiro atoms. The maximum Gasteiger partial charge on any atom is 0.248 e. The van der Waals surface area contributed by atoms with Gasteiger partial charge in [0.2, 0.25) is 5.56 Å². The van der Waals surface area contributed by atoms with Gasteiger partial charge in [0.05, 0.1) is 5.54 Å². The predicted molar refractivity (Wildman–Crippen MR) is 81.2 cm³/mol. The highest BCUT2D eigenvalue weighted by molar-refractivity contribution is 5.33. The summed E-state index contributed by atoms with van der Waals surface area (Å²) < 4.78 is 0. The Bertz CT molecular complexity index is 488. The van der Waals surface area contributed by atoms with Crippen LogP contribution in [0.2, 0.25) is 0 Å². The Hall–Kier alpha value is -1.35. The fraction of sp³-hybridized carbons (Fsp3) is 0.562. The normalized spacial score (nSPS) is 15.1. The van der Waals surface area contributed by atoms with Crippen LogP contribution in [0.15, 0.2) is 29.1 Å². The van der Waals surface area contributed by atoms with E-state index in [2.05, 4.69) is 25.8 Å². The van der Waals surface area contributed by atoms with E-state index in [0.29, 0.717) is 5.92 Å². The lowest BCUT2D eigenvalue weighted by molar-refractivity contribution is 0.489. The van der Waals surface area contributed by atoms with Crippen LogP contribution < -0.4 is 11.3 Å². The number of rotatable bonds is 6. The molecule has 0 saturated carbocycles. The van der Waals surface area contributed by atoms with E-state index in [9.17, 15) is 4.79 Å². The third-order valence-corrected chi connectivity index (χ3v) is 3.24. The average molecular weight is 262 g/mol. The maximum atomic E-state index is 11.6. The minimum atomic E-state index is -0.488. The Morgan fingerprint density at radius 2 is 2.11 bits per heavy atom. The number of nitrogens with one attached hydrogen (secondary N) is 1. The van der Waals surface area contributed by atoms with Crippen LogP contribution in [-0.4, -0.2) is 4.98 Å². The molecular weight excluding hydrogens is 236 g/mol. The maximum absolute atomic E-state index is 11.6. The molecule has 1 atom stereocenters. The van der Waals surface area contributed by atoms with E-state index in [-0.39, 0.29) is 5.56 Å². The van der Waals surface area contributed by atoms with Gasteiger partial charge in [-0.15, -0.1) is 0 Å². The summed E-state index contributed by atoms with van der Waals surface area (Å²) in [5, 5.41) is 0. The van der Waals surface area contributed by atoms with Crippen molar-refractivity contribution < 1.29 is 0 Å². The Balaban J connectivity index is 3.33. The first kappa shape index (κ1) is 15.7. The van der Waals surface area contributed by atoms with Crippen LogP contribution in [0.1, 0.15) is 51.8 Å². The van der Waals surface area contributed by atoms with Crippen molar-refractivity contribution in [1.82, 2.24) is 4.98 Å². The van der Waals surface area contributed by atoms with Gasteiger partial charge >= 0.3 is 0 Å². The van der Waals surface area contributed by atoms with Gasteiger partial charge in [0, 0.05) is 11.8 Å². The van der Waals surface area contributed by atoms with E-state index < -0.39 is 5.54 Å². The fourth-order valence-electron chi connectivity index (χ4n) is 2.54. The Labute approximate surface area is 115 Å². The monoisotopic (exact) mass is 262 g/mol. The standard InChI is InChI=1S/C16H26N2O/c1-5-9-16(17,10-6-2)13-7-8-15(19)18-14(13)11-12(3)4/h5,7-9,12H,6,10-11,17H2,1-4H3,(H,18,19)/b9-5+/t16-/m0/s1. The summed E-state index contributed by atoms with van der Waals surface area (Å²) in [4.78, 5) is 14.5. The smallest absolute Gasteiger partial charge is 0.248 e. The van der Waals surface area contributed by atoms with Crippen molar-refractivity contribution in [1.29, 1.82) is 0 Å². The molecule has 1 aromatic rings. The largest absolute Gasteiger partial charge is 0.326 e. The van der Waals surface area contributed by atoms with Gasteiger partial charge in [-0.1, -0.05) is 39.3 Å². The molecule has 1 heterocycles. The number of H-pyrrole nitrogens is 1. The third kappa shape index (κ3) is 4.06. The van der Waals surface area contributed by atoms with Gasteiger partial charge < -0.3 is 10.7 Å². The fourth-order valence-corrected chi connectivity index (χ4v) is 2.54. The molecule has 0 bridgehead atoms. The van der Waals surface area contributed by atoms with Crippen LogP contribution in [0.25, 0.3) is 0 Å². The third-order valence-electron chi connectivity index (χ3n) is 3.24. The molecule has 0 aliphatic heterocycles. The zero-order valence-electron chi connectivity index (χ0n) is 12.5. The minimum absolute atomic E-state index is 0.0567. The molecule has 1 aromatic heterocycles. The zero-order chi connectivity index (χ0) is 14.5. The van der Waals surface area contributed by atoms with Crippen molar-refractivity contribution in [3.63, 3.8) is 0 Å². The number of nitrogens with two attached hydrogens (primary N) is 1.